The van der Waals surface area contributed by atoms with Gasteiger partial charge >= 0.3 is 6.18 Å². The molecule has 0 rings (SSSR count). The van der Waals surface area contributed by atoms with Crippen LogP contribution in [0.25, 0.3) is 0 Å². The summed E-state index contributed by atoms with van der Waals surface area (Å²) in [7, 11) is 0. The fraction of sp³-hybridized carbons (Fsp3) is 1.00. The monoisotopic (exact) mass is 184 g/mol. The van der Waals surface area contributed by atoms with E-state index in [2.05, 4.69) is 0 Å². The molecule has 74 valence electrons. The number of ether oxygens (including phenoxy) is 1. The topological polar surface area (TPSA) is 9.23 Å². The van der Waals surface area contributed by atoms with E-state index in [1.165, 1.54) is 6.92 Å². The molecule has 0 N–H and O–H groups in total. The predicted molar refractivity (Wildman–Crippen MR) is 41.0 cm³/mol. The van der Waals surface area contributed by atoms with Crippen LogP contribution in [0.15, 0.2) is 0 Å². The molecule has 0 aliphatic heterocycles. The van der Waals surface area contributed by atoms with Crippen molar-refractivity contribution in [3.8, 4) is 0 Å². The standard InChI is InChI=1S/C8H15F3O/c1-5-7(4,8(9,10)11)12-6(2)3/h6H,5H2,1-4H3. The highest BCUT2D eigenvalue weighted by molar-refractivity contribution is 4.82. The Kier molecular flexibility index (Phi) is 3.57. The van der Waals surface area contributed by atoms with Crippen LogP contribution in [-0.4, -0.2) is 17.9 Å². The highest BCUT2D eigenvalue weighted by Gasteiger charge is 2.51. The second-order valence-corrected chi connectivity index (χ2v) is 3.25. The second-order valence-electron chi connectivity index (χ2n) is 3.25. The van der Waals surface area contributed by atoms with Crippen molar-refractivity contribution in [2.24, 2.45) is 0 Å². The van der Waals surface area contributed by atoms with Crippen molar-refractivity contribution >= 4 is 0 Å². The molecule has 12 heavy (non-hydrogen) atoms. The molecule has 0 aromatic carbocycles. The van der Waals surface area contributed by atoms with Crippen LogP contribution in [0.5, 0.6) is 0 Å². The van der Waals surface area contributed by atoms with E-state index >= 15 is 0 Å². The smallest absolute Gasteiger partial charge is 0.363 e. The Hall–Kier alpha value is -0.250. The second kappa shape index (κ2) is 3.64. The van der Waals surface area contributed by atoms with Crippen LogP contribution in [-0.2, 0) is 4.74 Å². The van der Waals surface area contributed by atoms with Gasteiger partial charge in [-0.05, 0) is 27.2 Å². The Morgan fingerprint density at radius 3 is 1.75 bits per heavy atom. The molecule has 1 nitrogen and oxygen atoms in total. The van der Waals surface area contributed by atoms with E-state index < -0.39 is 17.9 Å². The zero-order chi connectivity index (χ0) is 9.99. The highest BCUT2D eigenvalue weighted by Crippen LogP contribution is 2.36. The Balaban J connectivity index is 4.46. The van der Waals surface area contributed by atoms with Crippen molar-refractivity contribution in [3.63, 3.8) is 0 Å². The molecule has 1 unspecified atom stereocenters. The van der Waals surface area contributed by atoms with Crippen LogP contribution in [0.2, 0.25) is 0 Å². The lowest BCUT2D eigenvalue weighted by atomic mass is 10.0. The van der Waals surface area contributed by atoms with E-state index in [0.29, 0.717) is 0 Å². The summed E-state index contributed by atoms with van der Waals surface area (Å²) in [6.07, 6.45) is -4.75. The van der Waals surface area contributed by atoms with Gasteiger partial charge < -0.3 is 4.74 Å². The van der Waals surface area contributed by atoms with Gasteiger partial charge in [-0.2, -0.15) is 13.2 Å². The van der Waals surface area contributed by atoms with Gasteiger partial charge in [-0.25, -0.2) is 0 Å². The number of hydrogen-bond acceptors (Lipinski definition) is 1. The minimum absolute atomic E-state index is 0.0608. The average Bonchev–Trinajstić information content (AvgIpc) is 1.83. The maximum absolute atomic E-state index is 12.3. The summed E-state index contributed by atoms with van der Waals surface area (Å²) in [4.78, 5) is 0. The Bertz CT molecular complexity index is 142. The summed E-state index contributed by atoms with van der Waals surface area (Å²) in [5.41, 5.74) is -2.00. The molecule has 0 saturated heterocycles. The van der Waals surface area contributed by atoms with Gasteiger partial charge in [0, 0.05) is 0 Å². The fourth-order valence-electron chi connectivity index (χ4n) is 0.871. The molecule has 4 heteroatoms. The Labute approximate surface area is 70.9 Å². The summed E-state index contributed by atoms with van der Waals surface area (Å²) < 4.78 is 41.8. The first-order valence-corrected chi connectivity index (χ1v) is 3.97. The average molecular weight is 184 g/mol. The van der Waals surface area contributed by atoms with Crippen LogP contribution in [0, 0.1) is 0 Å². The van der Waals surface area contributed by atoms with E-state index in [4.69, 9.17) is 4.74 Å². The number of rotatable bonds is 3. The zero-order valence-corrected chi connectivity index (χ0v) is 7.83. The lowest BCUT2D eigenvalue weighted by molar-refractivity contribution is -0.281. The van der Waals surface area contributed by atoms with Crippen molar-refractivity contribution < 1.29 is 17.9 Å². The molecular formula is C8H15F3O. The van der Waals surface area contributed by atoms with E-state index in [1.807, 2.05) is 0 Å². The van der Waals surface area contributed by atoms with Gasteiger partial charge in [-0.3, -0.25) is 0 Å². The lowest BCUT2D eigenvalue weighted by Crippen LogP contribution is -2.45. The van der Waals surface area contributed by atoms with Gasteiger partial charge in [0.05, 0.1) is 6.10 Å². The summed E-state index contributed by atoms with van der Waals surface area (Å²) >= 11 is 0. The quantitative estimate of drug-likeness (QED) is 0.654. The largest absolute Gasteiger partial charge is 0.417 e. The van der Waals surface area contributed by atoms with Gasteiger partial charge in [0.2, 0.25) is 0 Å². The van der Waals surface area contributed by atoms with Crippen LogP contribution >= 0.6 is 0 Å². The zero-order valence-electron chi connectivity index (χ0n) is 7.83. The van der Waals surface area contributed by atoms with E-state index in [1.54, 1.807) is 13.8 Å². The first kappa shape index (κ1) is 11.8. The van der Waals surface area contributed by atoms with Gasteiger partial charge in [-0.15, -0.1) is 0 Å². The molecular weight excluding hydrogens is 169 g/mol. The first-order chi connectivity index (χ1) is 5.23. The van der Waals surface area contributed by atoms with E-state index in [0.717, 1.165) is 6.92 Å². The Morgan fingerprint density at radius 2 is 1.67 bits per heavy atom. The van der Waals surface area contributed by atoms with Crippen molar-refractivity contribution in [1.82, 2.24) is 0 Å². The molecule has 0 heterocycles. The minimum Gasteiger partial charge on any atom is -0.363 e. The summed E-state index contributed by atoms with van der Waals surface area (Å²) in [5.74, 6) is 0. The molecule has 0 spiro atoms. The third kappa shape index (κ3) is 2.66. The molecule has 0 fully saturated rings. The van der Waals surface area contributed by atoms with E-state index in [9.17, 15) is 13.2 Å². The van der Waals surface area contributed by atoms with Crippen molar-refractivity contribution in [1.29, 1.82) is 0 Å². The van der Waals surface area contributed by atoms with Gasteiger partial charge in [0.25, 0.3) is 0 Å². The molecule has 0 radical (unpaired) electrons. The summed E-state index contributed by atoms with van der Waals surface area (Å²) in [6, 6.07) is 0. The fourth-order valence-corrected chi connectivity index (χ4v) is 0.871. The van der Waals surface area contributed by atoms with Gasteiger partial charge in [0.15, 0.2) is 5.60 Å². The Morgan fingerprint density at radius 1 is 1.25 bits per heavy atom. The molecule has 0 aromatic rings. The third-order valence-electron chi connectivity index (χ3n) is 1.77. The number of alkyl halides is 3. The van der Waals surface area contributed by atoms with Crippen LogP contribution < -0.4 is 0 Å². The number of hydrogen-bond donors (Lipinski definition) is 0. The molecule has 0 aromatic heterocycles. The SMILES string of the molecule is CCC(C)(OC(C)C)C(F)(F)F. The van der Waals surface area contributed by atoms with Crippen LogP contribution in [0.1, 0.15) is 34.1 Å². The number of halogens is 3. The van der Waals surface area contributed by atoms with Gasteiger partial charge in [-0.1, -0.05) is 6.92 Å². The van der Waals surface area contributed by atoms with Crippen molar-refractivity contribution in [2.75, 3.05) is 0 Å². The maximum atomic E-state index is 12.3. The van der Waals surface area contributed by atoms with Gasteiger partial charge in [0.1, 0.15) is 0 Å². The van der Waals surface area contributed by atoms with Crippen molar-refractivity contribution in [3.05, 3.63) is 0 Å². The van der Waals surface area contributed by atoms with Crippen LogP contribution in [0.3, 0.4) is 0 Å². The molecule has 1 atom stereocenters. The lowest BCUT2D eigenvalue weighted by Gasteiger charge is -2.32. The highest BCUT2D eigenvalue weighted by atomic mass is 19.4. The molecule has 0 bridgehead atoms. The predicted octanol–water partition coefficient (Wildman–Crippen LogP) is 3.14. The van der Waals surface area contributed by atoms with E-state index in [-0.39, 0.29) is 6.42 Å². The summed E-state index contributed by atoms with van der Waals surface area (Å²) in [5, 5.41) is 0. The molecule has 0 amide bonds. The minimum atomic E-state index is -4.29. The molecule has 0 saturated carbocycles. The summed E-state index contributed by atoms with van der Waals surface area (Å²) in [6.45, 7) is 5.74. The van der Waals surface area contributed by atoms with Crippen LogP contribution in [0.4, 0.5) is 13.2 Å². The third-order valence-corrected chi connectivity index (χ3v) is 1.77. The molecule has 0 aliphatic carbocycles. The normalized spacial score (nSPS) is 18.0. The maximum Gasteiger partial charge on any atom is 0.417 e. The van der Waals surface area contributed by atoms with Crippen molar-refractivity contribution in [2.45, 2.75) is 52.0 Å². The molecule has 0 aliphatic rings. The first-order valence-electron chi connectivity index (χ1n) is 3.97.